The van der Waals surface area contributed by atoms with Gasteiger partial charge in [0.05, 0.1) is 0 Å². The molecule has 0 fully saturated rings. The highest BCUT2D eigenvalue weighted by atomic mass is 32.1. The largest absolute Gasteiger partial charge is 0.345 e. The zero-order valence-corrected chi connectivity index (χ0v) is 14.2. The molecule has 1 atom stereocenters. The number of amides is 2. The molecule has 2 rings (SSSR count). The minimum Gasteiger partial charge on any atom is -0.345 e. The van der Waals surface area contributed by atoms with E-state index >= 15 is 0 Å². The van der Waals surface area contributed by atoms with E-state index in [4.69, 9.17) is 0 Å². The lowest BCUT2D eigenvalue weighted by Gasteiger charge is -2.12. The number of nitrogens with zero attached hydrogens (tertiary/aromatic N) is 2. The lowest BCUT2D eigenvalue weighted by molar-refractivity contribution is -0.126. The average molecular weight is 332 g/mol. The predicted octanol–water partition coefficient (Wildman–Crippen LogP) is 2.76. The molecule has 23 heavy (non-hydrogen) atoms. The van der Waals surface area contributed by atoms with Gasteiger partial charge < -0.3 is 5.32 Å². The minimum atomic E-state index is -0.611. The van der Waals surface area contributed by atoms with E-state index in [0.717, 1.165) is 22.6 Å². The summed E-state index contributed by atoms with van der Waals surface area (Å²) in [4.78, 5) is 23.6. The number of aryl methyl sites for hydroxylation is 1. The molecule has 6 nitrogen and oxygen atoms in total. The van der Waals surface area contributed by atoms with Crippen LogP contribution in [0, 0.1) is 6.92 Å². The van der Waals surface area contributed by atoms with Crippen molar-refractivity contribution in [2.45, 2.75) is 39.7 Å². The van der Waals surface area contributed by atoms with E-state index in [1.807, 2.05) is 38.1 Å². The molecule has 7 heteroatoms. The van der Waals surface area contributed by atoms with Gasteiger partial charge in [0, 0.05) is 12.0 Å². The predicted molar refractivity (Wildman–Crippen MR) is 91.2 cm³/mol. The number of benzene rings is 1. The Morgan fingerprint density at radius 3 is 2.78 bits per heavy atom. The van der Waals surface area contributed by atoms with Crippen molar-refractivity contribution in [1.82, 2.24) is 15.5 Å². The summed E-state index contributed by atoms with van der Waals surface area (Å²) >= 11 is 1.30. The van der Waals surface area contributed by atoms with Gasteiger partial charge in [-0.3, -0.25) is 14.9 Å². The molecule has 1 aromatic heterocycles. The number of carbonyl (C=O) groups excluding carboxylic acids is 2. The topological polar surface area (TPSA) is 84.0 Å². The second kappa shape index (κ2) is 7.82. The Hall–Kier alpha value is -2.28. The first kappa shape index (κ1) is 17.1. The Labute approximate surface area is 139 Å². The summed E-state index contributed by atoms with van der Waals surface area (Å²) in [6, 6.07) is 7.32. The molecule has 0 unspecified atom stereocenters. The van der Waals surface area contributed by atoms with E-state index in [1.54, 1.807) is 6.92 Å². The summed E-state index contributed by atoms with van der Waals surface area (Å²) in [5.74, 6) is -0.436. The van der Waals surface area contributed by atoms with Crippen LogP contribution in [0.4, 0.5) is 5.13 Å². The number of nitrogens with one attached hydrogen (secondary N) is 2. The Morgan fingerprint density at radius 2 is 2.09 bits per heavy atom. The SMILES string of the molecule is CCCC(=O)N[C@H](C)C(=O)Nc1nnc(-c2cccc(C)c2)s1. The highest BCUT2D eigenvalue weighted by Gasteiger charge is 2.17. The Balaban J connectivity index is 1.98. The molecule has 0 spiro atoms. The molecule has 0 aliphatic carbocycles. The molecular weight excluding hydrogens is 312 g/mol. The number of hydrogen-bond acceptors (Lipinski definition) is 5. The molecule has 2 N–H and O–H groups in total. The third-order valence-electron chi connectivity index (χ3n) is 3.17. The van der Waals surface area contributed by atoms with Crippen LogP contribution in [0.15, 0.2) is 24.3 Å². The van der Waals surface area contributed by atoms with Crippen LogP contribution in [0.2, 0.25) is 0 Å². The maximum atomic E-state index is 12.1. The van der Waals surface area contributed by atoms with Crippen molar-refractivity contribution in [2.24, 2.45) is 0 Å². The summed E-state index contributed by atoms with van der Waals surface area (Å²) in [6.45, 7) is 5.57. The van der Waals surface area contributed by atoms with E-state index in [9.17, 15) is 9.59 Å². The quantitative estimate of drug-likeness (QED) is 0.852. The van der Waals surface area contributed by atoms with Crippen LogP contribution in [0.25, 0.3) is 10.6 Å². The lowest BCUT2D eigenvalue weighted by Crippen LogP contribution is -2.41. The fourth-order valence-corrected chi connectivity index (χ4v) is 2.73. The Morgan fingerprint density at radius 1 is 1.30 bits per heavy atom. The van der Waals surface area contributed by atoms with Gasteiger partial charge in [0.2, 0.25) is 16.9 Å². The zero-order valence-electron chi connectivity index (χ0n) is 13.4. The van der Waals surface area contributed by atoms with Crippen molar-refractivity contribution in [2.75, 3.05) is 5.32 Å². The maximum Gasteiger partial charge on any atom is 0.248 e. The molecule has 0 saturated heterocycles. The van der Waals surface area contributed by atoms with Crippen LogP contribution in [0.1, 0.15) is 32.3 Å². The molecule has 0 radical (unpaired) electrons. The van der Waals surface area contributed by atoms with Crippen LogP contribution in [-0.4, -0.2) is 28.1 Å². The standard InChI is InChI=1S/C16H20N4O2S/c1-4-6-13(21)17-11(3)14(22)18-16-20-19-15(23-16)12-8-5-7-10(2)9-12/h5,7-9,11H,4,6H2,1-3H3,(H,17,21)(H,18,20,22)/t11-/m1/s1. The molecule has 0 aliphatic rings. The minimum absolute atomic E-state index is 0.132. The van der Waals surface area contributed by atoms with E-state index < -0.39 is 6.04 Å². The van der Waals surface area contributed by atoms with Gasteiger partial charge in [-0.25, -0.2) is 0 Å². The number of aromatic nitrogens is 2. The maximum absolute atomic E-state index is 12.1. The van der Waals surface area contributed by atoms with Gasteiger partial charge in [0.25, 0.3) is 0 Å². The van der Waals surface area contributed by atoms with E-state index in [0.29, 0.717) is 11.6 Å². The van der Waals surface area contributed by atoms with E-state index in [1.165, 1.54) is 11.3 Å². The van der Waals surface area contributed by atoms with Crippen LogP contribution >= 0.6 is 11.3 Å². The summed E-state index contributed by atoms with van der Waals surface area (Å²) in [6.07, 6.45) is 1.16. The molecular formula is C16H20N4O2S. The fourth-order valence-electron chi connectivity index (χ4n) is 1.99. The second-order valence-corrected chi connectivity index (χ2v) is 6.29. The monoisotopic (exact) mass is 332 g/mol. The Kier molecular flexibility index (Phi) is 5.81. The first-order valence-corrected chi connectivity index (χ1v) is 8.32. The summed E-state index contributed by atoms with van der Waals surface area (Å²) < 4.78 is 0. The van der Waals surface area contributed by atoms with Gasteiger partial charge in [-0.2, -0.15) is 0 Å². The fraction of sp³-hybridized carbons (Fsp3) is 0.375. The van der Waals surface area contributed by atoms with Gasteiger partial charge in [0.1, 0.15) is 11.0 Å². The van der Waals surface area contributed by atoms with Crippen molar-refractivity contribution >= 4 is 28.3 Å². The Bertz CT molecular complexity index is 699. The van der Waals surface area contributed by atoms with E-state index in [-0.39, 0.29) is 11.8 Å². The van der Waals surface area contributed by atoms with Crippen LogP contribution in [-0.2, 0) is 9.59 Å². The van der Waals surface area contributed by atoms with Crippen molar-refractivity contribution in [1.29, 1.82) is 0 Å². The number of carbonyl (C=O) groups is 2. The first-order chi connectivity index (χ1) is 11.0. The van der Waals surface area contributed by atoms with Crippen LogP contribution < -0.4 is 10.6 Å². The molecule has 122 valence electrons. The first-order valence-electron chi connectivity index (χ1n) is 7.50. The van der Waals surface area contributed by atoms with Gasteiger partial charge in [-0.05, 0) is 26.3 Å². The highest BCUT2D eigenvalue weighted by Crippen LogP contribution is 2.26. The second-order valence-electron chi connectivity index (χ2n) is 5.31. The number of rotatable bonds is 6. The van der Waals surface area contributed by atoms with Gasteiger partial charge in [-0.15, -0.1) is 10.2 Å². The van der Waals surface area contributed by atoms with Gasteiger partial charge >= 0.3 is 0 Å². The van der Waals surface area contributed by atoms with Crippen molar-refractivity contribution < 1.29 is 9.59 Å². The summed E-state index contributed by atoms with van der Waals surface area (Å²) in [5.41, 5.74) is 2.10. The summed E-state index contributed by atoms with van der Waals surface area (Å²) in [5, 5.41) is 14.6. The molecule has 2 aromatic rings. The van der Waals surface area contributed by atoms with Crippen LogP contribution in [0.5, 0.6) is 0 Å². The van der Waals surface area contributed by atoms with Crippen molar-refractivity contribution in [3.05, 3.63) is 29.8 Å². The van der Waals surface area contributed by atoms with Crippen molar-refractivity contribution in [3.63, 3.8) is 0 Å². The van der Waals surface area contributed by atoms with Crippen molar-refractivity contribution in [3.8, 4) is 10.6 Å². The van der Waals surface area contributed by atoms with E-state index in [2.05, 4.69) is 20.8 Å². The van der Waals surface area contributed by atoms with Gasteiger partial charge in [-0.1, -0.05) is 42.0 Å². The highest BCUT2D eigenvalue weighted by molar-refractivity contribution is 7.18. The molecule has 2 amide bonds. The third kappa shape index (κ3) is 4.85. The number of anilines is 1. The van der Waals surface area contributed by atoms with Crippen LogP contribution in [0.3, 0.4) is 0 Å². The zero-order chi connectivity index (χ0) is 16.8. The third-order valence-corrected chi connectivity index (χ3v) is 4.06. The molecule has 0 saturated carbocycles. The lowest BCUT2D eigenvalue weighted by atomic mass is 10.1. The summed E-state index contributed by atoms with van der Waals surface area (Å²) in [7, 11) is 0. The molecule has 1 heterocycles. The van der Waals surface area contributed by atoms with Gasteiger partial charge in [0.15, 0.2) is 0 Å². The average Bonchev–Trinajstić information content (AvgIpc) is 2.96. The molecule has 1 aromatic carbocycles. The molecule has 0 aliphatic heterocycles. The normalized spacial score (nSPS) is 11.8. The molecule has 0 bridgehead atoms. The number of hydrogen-bond donors (Lipinski definition) is 2. The smallest absolute Gasteiger partial charge is 0.248 e.